The second kappa shape index (κ2) is 5.65. The van der Waals surface area contributed by atoms with E-state index in [1.807, 2.05) is 32.0 Å². The molecule has 4 nitrogen and oxygen atoms in total. The number of aromatic hydroxyl groups is 1. The molecule has 1 unspecified atom stereocenters. The van der Waals surface area contributed by atoms with Crippen molar-refractivity contribution in [2.75, 3.05) is 5.32 Å². The number of carbonyl (C=O) groups is 1. The van der Waals surface area contributed by atoms with Gasteiger partial charge in [-0.15, -0.1) is 0 Å². The van der Waals surface area contributed by atoms with Gasteiger partial charge in [0.25, 0.3) is 0 Å². The number of phenols is 1. The fourth-order valence-electron chi connectivity index (χ4n) is 2.11. The number of primary amides is 1. The second-order valence-corrected chi connectivity index (χ2v) is 4.87. The summed E-state index contributed by atoms with van der Waals surface area (Å²) in [5.74, 6) is -0.199. The van der Waals surface area contributed by atoms with Crippen LogP contribution in [0.3, 0.4) is 0 Å². The third-order valence-electron chi connectivity index (χ3n) is 3.18. The van der Waals surface area contributed by atoms with E-state index in [0.717, 1.165) is 16.8 Å². The van der Waals surface area contributed by atoms with Gasteiger partial charge >= 0.3 is 0 Å². The second-order valence-electron chi connectivity index (χ2n) is 4.87. The molecule has 0 saturated carbocycles. The lowest BCUT2D eigenvalue weighted by molar-refractivity contribution is 0.100. The lowest BCUT2D eigenvalue weighted by atomic mass is 10.0. The van der Waals surface area contributed by atoms with Gasteiger partial charge in [-0.05, 0) is 43.7 Å². The van der Waals surface area contributed by atoms with E-state index in [0.29, 0.717) is 5.56 Å². The van der Waals surface area contributed by atoms with Crippen LogP contribution in [0, 0.1) is 6.92 Å². The highest BCUT2D eigenvalue weighted by Crippen LogP contribution is 2.27. The number of rotatable bonds is 4. The number of hydrogen-bond donors (Lipinski definition) is 3. The zero-order valence-electron chi connectivity index (χ0n) is 11.6. The molecule has 0 bridgehead atoms. The van der Waals surface area contributed by atoms with E-state index in [9.17, 15) is 9.90 Å². The standard InChI is InChI=1S/C16H18N2O2/c1-10-6-7-14(15(19)8-10)11(2)18-13-5-3-4-12(9-13)16(17)20/h3-9,11,18-19H,1-2H3,(H2,17,20). The number of aryl methyl sites for hydroxylation is 1. The molecular formula is C16H18N2O2. The average Bonchev–Trinajstić information content (AvgIpc) is 2.38. The Labute approximate surface area is 118 Å². The van der Waals surface area contributed by atoms with Crippen LogP contribution in [-0.2, 0) is 0 Å². The summed E-state index contributed by atoms with van der Waals surface area (Å²) in [6, 6.07) is 12.5. The predicted octanol–water partition coefficient (Wildman–Crippen LogP) is 2.97. The summed E-state index contributed by atoms with van der Waals surface area (Å²) in [4.78, 5) is 11.2. The zero-order valence-corrected chi connectivity index (χ0v) is 11.6. The Morgan fingerprint density at radius 2 is 2.00 bits per heavy atom. The maximum absolute atomic E-state index is 11.2. The molecule has 20 heavy (non-hydrogen) atoms. The van der Waals surface area contributed by atoms with E-state index < -0.39 is 5.91 Å². The molecule has 0 heterocycles. The fraction of sp³-hybridized carbons (Fsp3) is 0.188. The molecule has 2 aromatic rings. The largest absolute Gasteiger partial charge is 0.508 e. The van der Waals surface area contributed by atoms with Crippen molar-refractivity contribution >= 4 is 11.6 Å². The Morgan fingerprint density at radius 3 is 2.65 bits per heavy atom. The van der Waals surface area contributed by atoms with Gasteiger partial charge < -0.3 is 16.2 Å². The third kappa shape index (κ3) is 3.09. The van der Waals surface area contributed by atoms with E-state index in [1.165, 1.54) is 0 Å². The molecule has 0 aromatic heterocycles. The average molecular weight is 270 g/mol. The molecule has 1 atom stereocenters. The van der Waals surface area contributed by atoms with E-state index in [2.05, 4.69) is 5.32 Å². The molecule has 4 heteroatoms. The van der Waals surface area contributed by atoms with Crippen molar-refractivity contribution < 1.29 is 9.90 Å². The number of phenolic OH excluding ortho intramolecular Hbond substituents is 1. The van der Waals surface area contributed by atoms with Crippen molar-refractivity contribution in [2.24, 2.45) is 5.73 Å². The quantitative estimate of drug-likeness (QED) is 0.799. The van der Waals surface area contributed by atoms with Gasteiger partial charge in [0.05, 0.1) is 6.04 Å². The van der Waals surface area contributed by atoms with Gasteiger partial charge in [-0.25, -0.2) is 0 Å². The number of anilines is 1. The van der Waals surface area contributed by atoms with Crippen molar-refractivity contribution in [1.82, 2.24) is 0 Å². The Bertz CT molecular complexity index is 638. The van der Waals surface area contributed by atoms with Gasteiger partial charge in [0.2, 0.25) is 5.91 Å². The number of carbonyl (C=O) groups excluding carboxylic acids is 1. The van der Waals surface area contributed by atoms with Crippen molar-refractivity contribution in [1.29, 1.82) is 0 Å². The summed E-state index contributed by atoms with van der Waals surface area (Å²) in [6.45, 7) is 3.87. The first-order chi connectivity index (χ1) is 9.47. The SMILES string of the molecule is Cc1ccc(C(C)Nc2cccc(C(N)=O)c2)c(O)c1. The summed E-state index contributed by atoms with van der Waals surface area (Å²) < 4.78 is 0. The molecule has 2 rings (SSSR count). The summed E-state index contributed by atoms with van der Waals surface area (Å²) in [7, 11) is 0. The first-order valence-corrected chi connectivity index (χ1v) is 6.43. The maximum atomic E-state index is 11.2. The summed E-state index contributed by atoms with van der Waals surface area (Å²) in [5, 5.41) is 13.2. The molecule has 4 N–H and O–H groups in total. The molecule has 0 aliphatic heterocycles. The predicted molar refractivity (Wildman–Crippen MR) is 79.8 cm³/mol. The van der Waals surface area contributed by atoms with E-state index in [-0.39, 0.29) is 11.8 Å². The lowest BCUT2D eigenvalue weighted by Gasteiger charge is -2.17. The first-order valence-electron chi connectivity index (χ1n) is 6.43. The fourth-order valence-corrected chi connectivity index (χ4v) is 2.11. The molecule has 0 spiro atoms. The van der Waals surface area contributed by atoms with Gasteiger partial charge in [-0.2, -0.15) is 0 Å². The van der Waals surface area contributed by atoms with Gasteiger partial charge in [0.15, 0.2) is 0 Å². The maximum Gasteiger partial charge on any atom is 0.248 e. The van der Waals surface area contributed by atoms with Crippen LogP contribution in [0.25, 0.3) is 0 Å². The van der Waals surface area contributed by atoms with Crippen molar-refractivity contribution in [3.8, 4) is 5.75 Å². The van der Waals surface area contributed by atoms with Crippen LogP contribution in [0.15, 0.2) is 42.5 Å². The molecule has 0 radical (unpaired) electrons. The minimum absolute atomic E-state index is 0.0845. The number of hydrogen-bond acceptors (Lipinski definition) is 3. The van der Waals surface area contributed by atoms with Crippen LogP contribution in [0.4, 0.5) is 5.69 Å². The smallest absolute Gasteiger partial charge is 0.248 e. The topological polar surface area (TPSA) is 75.3 Å². The van der Waals surface area contributed by atoms with Crippen LogP contribution in [0.2, 0.25) is 0 Å². The number of nitrogens with two attached hydrogens (primary N) is 1. The van der Waals surface area contributed by atoms with Crippen LogP contribution in [-0.4, -0.2) is 11.0 Å². The number of nitrogens with one attached hydrogen (secondary N) is 1. The van der Waals surface area contributed by atoms with Crippen LogP contribution in [0.1, 0.15) is 34.5 Å². The van der Waals surface area contributed by atoms with E-state index >= 15 is 0 Å². The molecular weight excluding hydrogens is 252 g/mol. The molecule has 1 amide bonds. The minimum atomic E-state index is -0.459. The van der Waals surface area contributed by atoms with E-state index in [1.54, 1.807) is 24.3 Å². The Balaban J connectivity index is 2.21. The van der Waals surface area contributed by atoms with Crippen molar-refractivity contribution in [3.63, 3.8) is 0 Å². The summed E-state index contributed by atoms with van der Waals surface area (Å²) >= 11 is 0. The van der Waals surface area contributed by atoms with Gasteiger partial charge in [0, 0.05) is 16.8 Å². The molecule has 0 fully saturated rings. The Hall–Kier alpha value is -2.49. The Morgan fingerprint density at radius 1 is 1.25 bits per heavy atom. The van der Waals surface area contributed by atoms with Gasteiger partial charge in [-0.1, -0.05) is 18.2 Å². The van der Waals surface area contributed by atoms with Crippen LogP contribution in [0.5, 0.6) is 5.75 Å². The molecule has 0 aliphatic carbocycles. The van der Waals surface area contributed by atoms with E-state index in [4.69, 9.17) is 5.73 Å². The molecule has 104 valence electrons. The van der Waals surface area contributed by atoms with Crippen LogP contribution >= 0.6 is 0 Å². The zero-order chi connectivity index (χ0) is 14.7. The molecule has 0 saturated heterocycles. The van der Waals surface area contributed by atoms with Gasteiger partial charge in [-0.3, -0.25) is 4.79 Å². The molecule has 0 aliphatic rings. The van der Waals surface area contributed by atoms with Gasteiger partial charge in [0.1, 0.15) is 5.75 Å². The monoisotopic (exact) mass is 270 g/mol. The highest BCUT2D eigenvalue weighted by Gasteiger charge is 2.11. The summed E-state index contributed by atoms with van der Waals surface area (Å²) in [5.41, 5.74) is 8.31. The van der Waals surface area contributed by atoms with Crippen LogP contribution < -0.4 is 11.1 Å². The first kappa shape index (κ1) is 13.9. The highest BCUT2D eigenvalue weighted by atomic mass is 16.3. The minimum Gasteiger partial charge on any atom is -0.508 e. The lowest BCUT2D eigenvalue weighted by Crippen LogP contribution is -2.12. The normalized spacial score (nSPS) is 11.9. The molecule has 2 aromatic carbocycles. The number of benzene rings is 2. The highest BCUT2D eigenvalue weighted by molar-refractivity contribution is 5.93. The third-order valence-corrected chi connectivity index (χ3v) is 3.18. The number of amides is 1. The summed E-state index contributed by atoms with van der Waals surface area (Å²) in [6.07, 6.45) is 0. The van der Waals surface area contributed by atoms with Crippen molar-refractivity contribution in [3.05, 3.63) is 59.2 Å². The van der Waals surface area contributed by atoms with Crippen molar-refractivity contribution in [2.45, 2.75) is 19.9 Å². The Kier molecular flexibility index (Phi) is 3.94.